The van der Waals surface area contributed by atoms with E-state index in [1.165, 1.54) is 32.2 Å². The quantitative estimate of drug-likeness (QED) is 0.686. The fourth-order valence-electron chi connectivity index (χ4n) is 2.78. The molecule has 0 aromatic carbocycles. The molecule has 0 radical (unpaired) electrons. The molecule has 2 atom stereocenters. The molecular formula is C15H32N2O. The first-order valence-electron chi connectivity index (χ1n) is 7.85. The predicted octanol–water partition coefficient (Wildman–Crippen LogP) is 2.51. The lowest BCUT2D eigenvalue weighted by molar-refractivity contribution is 0.0363. The van der Waals surface area contributed by atoms with Crippen LogP contribution in [0.3, 0.4) is 0 Å². The summed E-state index contributed by atoms with van der Waals surface area (Å²) in [4.78, 5) is 2.52. The molecule has 2 unspecified atom stereocenters. The number of nitrogens with zero attached hydrogens (tertiary/aromatic N) is 1. The second-order valence-corrected chi connectivity index (χ2v) is 5.35. The van der Waals surface area contributed by atoms with Crippen molar-refractivity contribution in [2.75, 3.05) is 39.4 Å². The monoisotopic (exact) mass is 256 g/mol. The molecule has 0 bridgehead atoms. The zero-order valence-electron chi connectivity index (χ0n) is 12.6. The molecule has 0 spiro atoms. The zero-order valence-corrected chi connectivity index (χ0v) is 12.6. The van der Waals surface area contributed by atoms with Crippen LogP contribution >= 0.6 is 0 Å². The Morgan fingerprint density at radius 2 is 2.06 bits per heavy atom. The van der Waals surface area contributed by atoms with Gasteiger partial charge in [0.2, 0.25) is 0 Å². The van der Waals surface area contributed by atoms with Crippen LogP contribution in [0, 0.1) is 5.92 Å². The highest BCUT2D eigenvalue weighted by Gasteiger charge is 2.23. The molecule has 1 N–H and O–H groups in total. The zero-order chi connectivity index (χ0) is 13.2. The SMILES string of the molecule is CCCNC(CCN(CC)CC)C1CCCOC1. The Labute approximate surface area is 113 Å². The van der Waals surface area contributed by atoms with Crippen molar-refractivity contribution < 1.29 is 4.74 Å². The molecule has 0 amide bonds. The van der Waals surface area contributed by atoms with Crippen molar-refractivity contribution in [3.05, 3.63) is 0 Å². The fraction of sp³-hybridized carbons (Fsp3) is 1.00. The van der Waals surface area contributed by atoms with Gasteiger partial charge in [0.1, 0.15) is 0 Å². The normalized spacial score (nSPS) is 22.3. The maximum absolute atomic E-state index is 5.65. The minimum Gasteiger partial charge on any atom is -0.381 e. The topological polar surface area (TPSA) is 24.5 Å². The first kappa shape index (κ1) is 15.9. The van der Waals surface area contributed by atoms with Crippen molar-refractivity contribution in [2.45, 2.75) is 52.5 Å². The largest absolute Gasteiger partial charge is 0.381 e. The third-order valence-corrected chi connectivity index (χ3v) is 4.07. The van der Waals surface area contributed by atoms with Crippen LogP contribution in [-0.2, 0) is 4.74 Å². The average molecular weight is 256 g/mol. The molecule has 1 rings (SSSR count). The van der Waals surface area contributed by atoms with Gasteiger partial charge in [-0.3, -0.25) is 0 Å². The number of hydrogen-bond donors (Lipinski definition) is 1. The highest BCUT2D eigenvalue weighted by atomic mass is 16.5. The second kappa shape index (κ2) is 9.76. The van der Waals surface area contributed by atoms with Crippen molar-refractivity contribution >= 4 is 0 Å². The standard InChI is InChI=1S/C15H32N2O/c1-4-10-16-15(9-11-17(5-2)6-3)14-8-7-12-18-13-14/h14-16H,4-13H2,1-3H3. The lowest BCUT2D eigenvalue weighted by atomic mass is 9.91. The van der Waals surface area contributed by atoms with Gasteiger partial charge < -0.3 is 15.0 Å². The Morgan fingerprint density at radius 3 is 2.61 bits per heavy atom. The van der Waals surface area contributed by atoms with Crippen LogP contribution in [0.4, 0.5) is 0 Å². The molecule has 1 aliphatic rings. The van der Waals surface area contributed by atoms with Gasteiger partial charge in [-0.1, -0.05) is 20.8 Å². The van der Waals surface area contributed by atoms with Crippen LogP contribution in [0.25, 0.3) is 0 Å². The van der Waals surface area contributed by atoms with E-state index in [-0.39, 0.29) is 0 Å². The highest BCUT2D eigenvalue weighted by Crippen LogP contribution is 2.20. The van der Waals surface area contributed by atoms with Gasteiger partial charge in [0.15, 0.2) is 0 Å². The van der Waals surface area contributed by atoms with E-state index in [0.29, 0.717) is 6.04 Å². The predicted molar refractivity (Wildman–Crippen MR) is 78.0 cm³/mol. The van der Waals surface area contributed by atoms with E-state index in [0.717, 1.165) is 38.8 Å². The van der Waals surface area contributed by atoms with E-state index in [4.69, 9.17) is 4.74 Å². The van der Waals surface area contributed by atoms with Gasteiger partial charge in [-0.25, -0.2) is 0 Å². The Morgan fingerprint density at radius 1 is 1.28 bits per heavy atom. The van der Waals surface area contributed by atoms with Gasteiger partial charge in [0.25, 0.3) is 0 Å². The smallest absolute Gasteiger partial charge is 0.0509 e. The first-order valence-corrected chi connectivity index (χ1v) is 7.85. The minimum absolute atomic E-state index is 0.644. The van der Waals surface area contributed by atoms with E-state index in [1.807, 2.05) is 0 Å². The molecule has 1 heterocycles. The molecule has 0 saturated carbocycles. The number of ether oxygens (including phenoxy) is 1. The van der Waals surface area contributed by atoms with E-state index >= 15 is 0 Å². The van der Waals surface area contributed by atoms with Gasteiger partial charge in [-0.15, -0.1) is 0 Å². The third kappa shape index (κ3) is 5.68. The maximum atomic E-state index is 5.65. The lowest BCUT2D eigenvalue weighted by Crippen LogP contribution is -2.43. The summed E-state index contributed by atoms with van der Waals surface area (Å²) < 4.78 is 5.65. The van der Waals surface area contributed by atoms with E-state index in [2.05, 4.69) is 31.0 Å². The van der Waals surface area contributed by atoms with E-state index in [9.17, 15) is 0 Å². The summed E-state index contributed by atoms with van der Waals surface area (Å²) in [5.74, 6) is 0.723. The molecule has 1 saturated heterocycles. The fourth-order valence-corrected chi connectivity index (χ4v) is 2.78. The van der Waals surface area contributed by atoms with Crippen LogP contribution in [-0.4, -0.2) is 50.3 Å². The average Bonchev–Trinajstić information content (AvgIpc) is 2.44. The molecule has 3 nitrogen and oxygen atoms in total. The Balaban J connectivity index is 2.38. The molecule has 0 aliphatic carbocycles. The number of rotatable bonds is 9. The summed E-state index contributed by atoms with van der Waals surface area (Å²) in [7, 11) is 0. The van der Waals surface area contributed by atoms with Crippen molar-refractivity contribution in [1.29, 1.82) is 0 Å². The van der Waals surface area contributed by atoms with Crippen LogP contribution in [0.15, 0.2) is 0 Å². The second-order valence-electron chi connectivity index (χ2n) is 5.35. The van der Waals surface area contributed by atoms with Crippen LogP contribution in [0.5, 0.6) is 0 Å². The molecule has 3 heteroatoms. The minimum atomic E-state index is 0.644. The van der Waals surface area contributed by atoms with E-state index < -0.39 is 0 Å². The summed E-state index contributed by atoms with van der Waals surface area (Å²) in [6.45, 7) is 13.3. The summed E-state index contributed by atoms with van der Waals surface area (Å²) >= 11 is 0. The van der Waals surface area contributed by atoms with Gasteiger partial charge in [0.05, 0.1) is 6.61 Å². The van der Waals surface area contributed by atoms with Crippen molar-refractivity contribution in [3.63, 3.8) is 0 Å². The molecular weight excluding hydrogens is 224 g/mol. The number of hydrogen-bond acceptors (Lipinski definition) is 3. The number of nitrogens with one attached hydrogen (secondary N) is 1. The van der Waals surface area contributed by atoms with Crippen LogP contribution < -0.4 is 5.32 Å². The molecule has 18 heavy (non-hydrogen) atoms. The van der Waals surface area contributed by atoms with Crippen LogP contribution in [0.2, 0.25) is 0 Å². The molecule has 1 fully saturated rings. The summed E-state index contributed by atoms with van der Waals surface area (Å²) in [5.41, 5.74) is 0. The summed E-state index contributed by atoms with van der Waals surface area (Å²) in [6.07, 6.45) is 5.05. The van der Waals surface area contributed by atoms with Crippen molar-refractivity contribution in [2.24, 2.45) is 5.92 Å². The summed E-state index contributed by atoms with van der Waals surface area (Å²) in [5, 5.41) is 3.74. The van der Waals surface area contributed by atoms with Crippen molar-refractivity contribution in [3.8, 4) is 0 Å². The molecule has 1 aliphatic heterocycles. The molecule has 108 valence electrons. The van der Waals surface area contributed by atoms with E-state index in [1.54, 1.807) is 0 Å². The first-order chi connectivity index (χ1) is 8.81. The lowest BCUT2D eigenvalue weighted by Gasteiger charge is -2.32. The molecule has 0 aromatic heterocycles. The van der Waals surface area contributed by atoms with Gasteiger partial charge in [-0.05, 0) is 57.8 Å². The maximum Gasteiger partial charge on any atom is 0.0509 e. The van der Waals surface area contributed by atoms with Gasteiger partial charge in [0, 0.05) is 12.6 Å². The Kier molecular flexibility index (Phi) is 8.64. The third-order valence-electron chi connectivity index (χ3n) is 4.07. The van der Waals surface area contributed by atoms with Crippen LogP contribution in [0.1, 0.15) is 46.5 Å². The van der Waals surface area contributed by atoms with Crippen molar-refractivity contribution in [1.82, 2.24) is 10.2 Å². The van der Waals surface area contributed by atoms with Gasteiger partial charge in [-0.2, -0.15) is 0 Å². The summed E-state index contributed by atoms with van der Waals surface area (Å²) in [6, 6.07) is 0.644. The molecule has 0 aromatic rings. The van der Waals surface area contributed by atoms with Gasteiger partial charge >= 0.3 is 0 Å². The Hall–Kier alpha value is -0.120. The Bertz CT molecular complexity index is 189. The highest BCUT2D eigenvalue weighted by molar-refractivity contribution is 4.79.